The molecule has 3 atom stereocenters. The molecule has 3 N–H and O–H groups in total. The molecule has 2 rings (SSSR count). The second-order valence-electron chi connectivity index (χ2n) is 9.79. The van der Waals surface area contributed by atoms with E-state index in [1.807, 2.05) is 6.92 Å². The Morgan fingerprint density at radius 2 is 1.83 bits per heavy atom. The Morgan fingerprint density at radius 3 is 2.46 bits per heavy atom. The molecule has 0 aliphatic heterocycles. The first-order chi connectivity index (χ1) is 11.1. The van der Waals surface area contributed by atoms with Gasteiger partial charge in [-0.05, 0) is 61.3 Å². The van der Waals surface area contributed by atoms with Crippen LogP contribution in [0.3, 0.4) is 0 Å². The molecule has 4 nitrogen and oxygen atoms in total. The van der Waals surface area contributed by atoms with Crippen molar-refractivity contribution in [2.45, 2.75) is 72.3 Å². The Labute approximate surface area is 147 Å². The van der Waals surface area contributed by atoms with Gasteiger partial charge in [-0.2, -0.15) is 0 Å². The highest BCUT2D eigenvalue weighted by Crippen LogP contribution is 2.62. The highest BCUT2D eigenvalue weighted by atomic mass is 16.5. The molecule has 3 unspecified atom stereocenters. The van der Waals surface area contributed by atoms with Crippen molar-refractivity contribution in [2.75, 3.05) is 19.8 Å². The average Bonchev–Trinajstić information content (AvgIpc) is 2.39. The predicted molar refractivity (Wildman–Crippen MR) is 99.4 cm³/mol. The zero-order valence-corrected chi connectivity index (χ0v) is 16.2. The number of hydrogen-bond acceptors (Lipinski definition) is 4. The molecule has 0 heterocycles. The number of ether oxygens (including phenoxy) is 1. The summed E-state index contributed by atoms with van der Waals surface area (Å²) >= 11 is 0. The van der Waals surface area contributed by atoms with Gasteiger partial charge in [0.05, 0.1) is 18.8 Å². The lowest BCUT2D eigenvalue weighted by atomic mass is 9.48. The first kappa shape index (κ1) is 19.5. The average molecular weight is 337 g/mol. The van der Waals surface area contributed by atoms with Crippen LogP contribution in [0, 0.1) is 21.7 Å². The van der Waals surface area contributed by atoms with Crippen LogP contribution in [0.2, 0.25) is 0 Å². The van der Waals surface area contributed by atoms with Crippen LogP contribution in [0.4, 0.5) is 0 Å². The molecule has 2 fully saturated rings. The summed E-state index contributed by atoms with van der Waals surface area (Å²) in [5.74, 6) is 0. The summed E-state index contributed by atoms with van der Waals surface area (Å²) in [6, 6.07) is 0. The molecule has 2 aliphatic carbocycles. The van der Waals surface area contributed by atoms with E-state index in [-0.39, 0.29) is 28.5 Å². The molecule has 2 aliphatic rings. The van der Waals surface area contributed by atoms with Crippen LogP contribution in [0.15, 0.2) is 11.8 Å². The molecule has 0 aromatic rings. The molecule has 0 spiro atoms. The smallest absolute Gasteiger partial charge is 0.0705 e. The molecule has 0 amide bonds. The fraction of sp³-hybridized carbons (Fsp3) is 0.850. The van der Waals surface area contributed by atoms with Gasteiger partial charge in [-0.1, -0.05) is 27.7 Å². The van der Waals surface area contributed by atoms with Crippen molar-refractivity contribution in [3.63, 3.8) is 0 Å². The molecular formula is C20H36N2O2. The van der Waals surface area contributed by atoms with Crippen molar-refractivity contribution >= 4 is 6.21 Å². The topological polar surface area (TPSA) is 65.3 Å². The Bertz CT molecular complexity index is 498. The lowest BCUT2D eigenvalue weighted by Crippen LogP contribution is -2.58. The van der Waals surface area contributed by atoms with Crippen molar-refractivity contribution < 1.29 is 9.84 Å². The Balaban J connectivity index is 2.22. The third-order valence-corrected chi connectivity index (χ3v) is 5.68. The van der Waals surface area contributed by atoms with Gasteiger partial charge in [0.1, 0.15) is 0 Å². The summed E-state index contributed by atoms with van der Waals surface area (Å²) in [4.78, 5) is 0. The minimum absolute atomic E-state index is 0.0923. The van der Waals surface area contributed by atoms with E-state index >= 15 is 0 Å². The Kier molecular flexibility index (Phi) is 5.51. The second kappa shape index (κ2) is 6.80. The summed E-state index contributed by atoms with van der Waals surface area (Å²) in [7, 11) is 0. The van der Waals surface area contributed by atoms with Crippen molar-refractivity contribution in [3.8, 4) is 0 Å². The zero-order valence-electron chi connectivity index (χ0n) is 16.2. The molecule has 2 saturated carbocycles. The SMILES string of the molecule is C/C(=C/C=N)NCC1(C)CC2(C)CC(C)(C)CC(OCCO)(C1)C2. The molecule has 4 heteroatoms. The van der Waals surface area contributed by atoms with Crippen molar-refractivity contribution in [1.29, 1.82) is 5.41 Å². The van der Waals surface area contributed by atoms with Gasteiger partial charge in [0.2, 0.25) is 0 Å². The van der Waals surface area contributed by atoms with E-state index in [1.165, 1.54) is 19.1 Å². The van der Waals surface area contributed by atoms with Gasteiger partial charge in [-0.3, -0.25) is 0 Å². The van der Waals surface area contributed by atoms with Gasteiger partial charge in [-0.15, -0.1) is 0 Å². The Hall–Kier alpha value is -0.870. The molecular weight excluding hydrogens is 300 g/mol. The largest absolute Gasteiger partial charge is 0.394 e. The highest BCUT2D eigenvalue weighted by molar-refractivity contribution is 5.68. The van der Waals surface area contributed by atoms with E-state index < -0.39 is 0 Å². The zero-order chi connectivity index (χ0) is 18.1. The number of rotatable bonds is 7. The minimum Gasteiger partial charge on any atom is -0.394 e. The van der Waals surface area contributed by atoms with Crippen molar-refractivity contribution in [2.24, 2.45) is 16.2 Å². The first-order valence-corrected chi connectivity index (χ1v) is 9.21. The van der Waals surface area contributed by atoms with E-state index in [0.717, 1.165) is 31.5 Å². The lowest BCUT2D eigenvalue weighted by molar-refractivity contribution is -0.193. The third kappa shape index (κ3) is 4.60. The fourth-order valence-electron chi connectivity index (χ4n) is 6.19. The maximum atomic E-state index is 9.28. The van der Waals surface area contributed by atoms with Crippen LogP contribution in [0.1, 0.15) is 66.7 Å². The van der Waals surface area contributed by atoms with Crippen LogP contribution in [0.25, 0.3) is 0 Å². The number of allylic oxidation sites excluding steroid dienone is 2. The van der Waals surface area contributed by atoms with Crippen LogP contribution >= 0.6 is 0 Å². The Morgan fingerprint density at radius 1 is 1.12 bits per heavy atom. The molecule has 0 aromatic carbocycles. The molecule has 24 heavy (non-hydrogen) atoms. The third-order valence-electron chi connectivity index (χ3n) is 5.68. The number of hydrogen-bond donors (Lipinski definition) is 3. The van der Waals surface area contributed by atoms with E-state index in [4.69, 9.17) is 10.1 Å². The first-order valence-electron chi connectivity index (χ1n) is 9.21. The summed E-state index contributed by atoms with van der Waals surface area (Å²) in [6.07, 6.45) is 8.76. The van der Waals surface area contributed by atoms with Crippen LogP contribution in [-0.4, -0.2) is 36.7 Å². The predicted octanol–water partition coefficient (Wildman–Crippen LogP) is 3.89. The molecule has 0 aromatic heterocycles. The van der Waals surface area contributed by atoms with Crippen LogP contribution in [0.5, 0.6) is 0 Å². The molecule has 138 valence electrons. The molecule has 0 saturated heterocycles. The summed E-state index contributed by atoms with van der Waals surface area (Å²) in [5, 5.41) is 20.0. The number of aliphatic hydroxyl groups excluding tert-OH is 1. The van der Waals surface area contributed by atoms with E-state index in [9.17, 15) is 5.11 Å². The summed E-state index contributed by atoms with van der Waals surface area (Å²) < 4.78 is 6.31. The summed E-state index contributed by atoms with van der Waals surface area (Å²) in [6.45, 7) is 13.0. The van der Waals surface area contributed by atoms with Gasteiger partial charge in [0.15, 0.2) is 0 Å². The van der Waals surface area contributed by atoms with Gasteiger partial charge < -0.3 is 20.6 Å². The van der Waals surface area contributed by atoms with Crippen LogP contribution < -0.4 is 5.32 Å². The fourth-order valence-corrected chi connectivity index (χ4v) is 6.19. The maximum absolute atomic E-state index is 9.28. The number of aliphatic hydroxyl groups is 1. The van der Waals surface area contributed by atoms with Crippen molar-refractivity contribution in [3.05, 3.63) is 11.8 Å². The summed E-state index contributed by atoms with van der Waals surface area (Å²) in [5.41, 5.74) is 1.65. The van der Waals surface area contributed by atoms with Gasteiger partial charge in [0, 0.05) is 18.5 Å². The van der Waals surface area contributed by atoms with Gasteiger partial charge in [-0.25, -0.2) is 0 Å². The second-order valence-corrected chi connectivity index (χ2v) is 9.79. The maximum Gasteiger partial charge on any atom is 0.0705 e. The van der Waals surface area contributed by atoms with Gasteiger partial charge in [0.25, 0.3) is 0 Å². The van der Waals surface area contributed by atoms with E-state index in [1.54, 1.807) is 6.08 Å². The quantitative estimate of drug-likeness (QED) is 0.618. The van der Waals surface area contributed by atoms with Gasteiger partial charge >= 0.3 is 0 Å². The normalized spacial score (nSPS) is 38.7. The molecule has 0 radical (unpaired) electrons. The standard InChI is InChI=1S/C20H36N2O2/c1-16(6-7-21)22-15-19(5)12-18(4)10-17(2,3)11-20(13-18,14-19)24-9-8-23/h6-7,21-23H,8-15H2,1-5H3/b16-6-,21-7?. The van der Waals surface area contributed by atoms with E-state index in [0.29, 0.717) is 6.61 Å². The van der Waals surface area contributed by atoms with Crippen molar-refractivity contribution in [1.82, 2.24) is 5.32 Å². The monoisotopic (exact) mass is 336 g/mol. The highest BCUT2D eigenvalue weighted by Gasteiger charge is 2.57. The van der Waals surface area contributed by atoms with Crippen LogP contribution in [-0.2, 0) is 4.74 Å². The number of nitrogens with one attached hydrogen (secondary N) is 2. The minimum atomic E-state index is -0.118. The molecule has 2 bridgehead atoms. The lowest BCUT2D eigenvalue weighted by Gasteiger charge is -2.61. The van der Waals surface area contributed by atoms with E-state index in [2.05, 4.69) is 33.0 Å². The number of fused-ring (bicyclic) bond motifs is 2.